The lowest BCUT2D eigenvalue weighted by Crippen LogP contribution is -2.60. The zero-order valence-corrected chi connectivity index (χ0v) is 23.2. The van der Waals surface area contributed by atoms with E-state index in [9.17, 15) is 19.5 Å². The summed E-state index contributed by atoms with van der Waals surface area (Å²) < 4.78 is 12.1. The fourth-order valence-corrected chi connectivity index (χ4v) is 6.86. The number of hydrogen-bond acceptors (Lipinski definition) is 6. The highest BCUT2D eigenvalue weighted by Crippen LogP contribution is 2.59. The molecule has 212 valence electrons. The molecule has 0 aliphatic carbocycles. The molecule has 3 saturated heterocycles. The maximum absolute atomic E-state index is 14.5. The first-order valence-electron chi connectivity index (χ1n) is 14.2. The van der Waals surface area contributed by atoms with Crippen LogP contribution in [-0.2, 0) is 30.3 Å². The number of benzene rings is 1. The summed E-state index contributed by atoms with van der Waals surface area (Å²) in [7, 11) is 0. The van der Waals surface area contributed by atoms with Crippen molar-refractivity contribution < 1.29 is 29.0 Å². The number of likely N-dealkylation sites (tertiary alicyclic amines) is 1. The summed E-state index contributed by atoms with van der Waals surface area (Å²) in [6, 6.07) is 7.92. The minimum absolute atomic E-state index is 0.0760. The van der Waals surface area contributed by atoms with E-state index in [1.165, 1.54) is 0 Å². The first kappa shape index (κ1) is 29.0. The molecule has 0 saturated carbocycles. The number of aliphatic hydroxyl groups is 1. The Bertz CT molecular complexity index is 1060. The molecule has 3 aliphatic heterocycles. The summed E-state index contributed by atoms with van der Waals surface area (Å²) in [4.78, 5) is 45.4. The summed E-state index contributed by atoms with van der Waals surface area (Å²) in [6.07, 6.45) is 6.53. The van der Waals surface area contributed by atoms with Crippen molar-refractivity contribution in [3.63, 3.8) is 0 Å². The van der Waals surface area contributed by atoms with Gasteiger partial charge in [0, 0.05) is 12.6 Å². The molecule has 2 amide bonds. The number of carbonyl (C=O) groups excluding carboxylic acids is 3. The quantitative estimate of drug-likeness (QED) is 0.222. The van der Waals surface area contributed by atoms with Gasteiger partial charge in [0.25, 0.3) is 0 Å². The number of nitrogens with zero attached hydrogens (tertiary/aromatic N) is 2. The van der Waals surface area contributed by atoms with Crippen LogP contribution in [-0.4, -0.2) is 82.3 Å². The molecule has 3 aliphatic rings. The SMILES string of the molecule is C=CCCOC(=O)[C@@H]1[C@H]2C(=O)N([C@@H](CO)Cc3ccccc3)C(C(=O)N(CC=C)C(C)CCC)C23CC[C@H]1O3. The molecule has 1 N–H and O–H groups in total. The van der Waals surface area contributed by atoms with Gasteiger partial charge < -0.3 is 24.4 Å². The molecule has 8 nitrogen and oxygen atoms in total. The maximum Gasteiger partial charge on any atom is 0.312 e. The number of rotatable bonds is 14. The van der Waals surface area contributed by atoms with Gasteiger partial charge in [-0.3, -0.25) is 14.4 Å². The fourth-order valence-electron chi connectivity index (χ4n) is 6.86. The van der Waals surface area contributed by atoms with Crippen LogP contribution in [0.2, 0.25) is 0 Å². The van der Waals surface area contributed by atoms with E-state index in [1.54, 1.807) is 22.0 Å². The second-order valence-corrected chi connectivity index (χ2v) is 11.0. The zero-order valence-electron chi connectivity index (χ0n) is 23.2. The van der Waals surface area contributed by atoms with Crippen LogP contribution in [0.1, 0.15) is 51.5 Å². The van der Waals surface area contributed by atoms with Crippen LogP contribution < -0.4 is 0 Å². The standard InChI is InChI=1S/C31H42N2O6/c1-5-8-18-38-30(37)25-24-15-16-31(39-24)26(25)28(35)33(23(20-34)19-22-13-10-9-11-14-22)27(31)29(36)32(17-7-3)21(4)12-6-2/h5,7,9-11,13-14,21,23-27,34H,1,3,6,8,12,15-20H2,2,4H3/t21?,23-,24-,25+,26+,27?,31?/m1/s1. The van der Waals surface area contributed by atoms with Crippen molar-refractivity contribution in [3.05, 3.63) is 61.2 Å². The molecule has 1 spiro atoms. The van der Waals surface area contributed by atoms with E-state index in [2.05, 4.69) is 20.1 Å². The van der Waals surface area contributed by atoms with Gasteiger partial charge in [0.2, 0.25) is 11.8 Å². The number of esters is 1. The molecule has 1 aromatic carbocycles. The van der Waals surface area contributed by atoms with Crippen LogP contribution in [0.4, 0.5) is 0 Å². The maximum atomic E-state index is 14.5. The van der Waals surface area contributed by atoms with Gasteiger partial charge in [-0.1, -0.05) is 55.8 Å². The Kier molecular flexibility index (Phi) is 9.28. The van der Waals surface area contributed by atoms with Crippen LogP contribution in [0.15, 0.2) is 55.6 Å². The predicted molar refractivity (Wildman–Crippen MR) is 148 cm³/mol. The van der Waals surface area contributed by atoms with E-state index in [0.717, 1.165) is 18.4 Å². The first-order chi connectivity index (χ1) is 18.8. The second-order valence-electron chi connectivity index (χ2n) is 11.0. The van der Waals surface area contributed by atoms with Gasteiger partial charge in [-0.25, -0.2) is 0 Å². The molecule has 4 rings (SSSR count). The second kappa shape index (κ2) is 12.5. The van der Waals surface area contributed by atoms with E-state index in [1.807, 2.05) is 37.3 Å². The third kappa shape index (κ3) is 5.29. The van der Waals surface area contributed by atoms with Crippen molar-refractivity contribution in [1.82, 2.24) is 9.80 Å². The summed E-state index contributed by atoms with van der Waals surface area (Å²) in [6.45, 7) is 11.8. The van der Waals surface area contributed by atoms with E-state index in [4.69, 9.17) is 9.47 Å². The molecular formula is C31H42N2O6. The van der Waals surface area contributed by atoms with Gasteiger partial charge in [-0.05, 0) is 44.6 Å². The van der Waals surface area contributed by atoms with Gasteiger partial charge in [0.05, 0.1) is 37.2 Å². The number of fused-ring (bicyclic) bond motifs is 1. The Balaban J connectivity index is 1.76. The topological polar surface area (TPSA) is 96.4 Å². The molecule has 8 heteroatoms. The lowest BCUT2D eigenvalue weighted by atomic mass is 9.70. The summed E-state index contributed by atoms with van der Waals surface area (Å²) >= 11 is 0. The Morgan fingerprint density at radius 3 is 2.67 bits per heavy atom. The number of amides is 2. The van der Waals surface area contributed by atoms with Gasteiger partial charge in [0.1, 0.15) is 11.6 Å². The third-order valence-electron chi connectivity index (χ3n) is 8.58. The van der Waals surface area contributed by atoms with Crippen molar-refractivity contribution in [2.45, 2.75) is 82.2 Å². The molecule has 2 bridgehead atoms. The average molecular weight is 539 g/mol. The van der Waals surface area contributed by atoms with Gasteiger partial charge >= 0.3 is 5.97 Å². The van der Waals surface area contributed by atoms with Crippen molar-refractivity contribution in [3.8, 4) is 0 Å². The van der Waals surface area contributed by atoms with Gasteiger partial charge in [-0.15, -0.1) is 13.2 Å². The van der Waals surface area contributed by atoms with Crippen LogP contribution in [0.5, 0.6) is 0 Å². The smallest absolute Gasteiger partial charge is 0.312 e. The molecule has 0 aromatic heterocycles. The molecule has 3 unspecified atom stereocenters. The molecule has 7 atom stereocenters. The van der Waals surface area contributed by atoms with Gasteiger partial charge in [0.15, 0.2) is 0 Å². The molecule has 1 aromatic rings. The Labute approximate surface area is 231 Å². The highest BCUT2D eigenvalue weighted by atomic mass is 16.6. The fraction of sp³-hybridized carbons (Fsp3) is 0.581. The lowest BCUT2D eigenvalue weighted by molar-refractivity contribution is -0.156. The summed E-state index contributed by atoms with van der Waals surface area (Å²) in [5, 5.41) is 10.6. The Hall–Kier alpha value is -2.97. The molecule has 3 heterocycles. The van der Waals surface area contributed by atoms with Crippen molar-refractivity contribution in [1.29, 1.82) is 0 Å². The highest BCUT2D eigenvalue weighted by molar-refractivity contribution is 5.98. The largest absolute Gasteiger partial charge is 0.465 e. The lowest BCUT2D eigenvalue weighted by Gasteiger charge is -2.41. The zero-order chi connectivity index (χ0) is 28.2. The Morgan fingerprint density at radius 1 is 1.28 bits per heavy atom. The molecule has 0 radical (unpaired) electrons. The van der Waals surface area contributed by atoms with E-state index in [-0.39, 0.29) is 31.1 Å². The minimum Gasteiger partial charge on any atom is -0.465 e. The number of carbonyl (C=O) groups is 3. The van der Waals surface area contributed by atoms with Crippen LogP contribution >= 0.6 is 0 Å². The first-order valence-corrected chi connectivity index (χ1v) is 14.2. The van der Waals surface area contributed by atoms with Crippen LogP contribution in [0, 0.1) is 11.8 Å². The Morgan fingerprint density at radius 2 is 2.03 bits per heavy atom. The van der Waals surface area contributed by atoms with E-state index in [0.29, 0.717) is 32.2 Å². The van der Waals surface area contributed by atoms with Crippen LogP contribution in [0.3, 0.4) is 0 Å². The predicted octanol–water partition coefficient (Wildman–Crippen LogP) is 3.29. The van der Waals surface area contributed by atoms with E-state index >= 15 is 0 Å². The number of hydrogen-bond donors (Lipinski definition) is 1. The van der Waals surface area contributed by atoms with Crippen molar-refractivity contribution >= 4 is 17.8 Å². The number of aliphatic hydroxyl groups excluding tert-OH is 1. The minimum atomic E-state index is -1.14. The molecular weight excluding hydrogens is 496 g/mol. The monoisotopic (exact) mass is 538 g/mol. The van der Waals surface area contributed by atoms with Gasteiger partial charge in [-0.2, -0.15) is 0 Å². The van der Waals surface area contributed by atoms with E-state index < -0.39 is 41.6 Å². The average Bonchev–Trinajstić information content (AvgIpc) is 3.58. The normalized spacial score (nSPS) is 28.6. The summed E-state index contributed by atoms with van der Waals surface area (Å²) in [5.74, 6) is -2.63. The van der Waals surface area contributed by atoms with Crippen molar-refractivity contribution in [2.24, 2.45) is 11.8 Å². The molecule has 3 fully saturated rings. The van der Waals surface area contributed by atoms with Crippen molar-refractivity contribution in [2.75, 3.05) is 19.8 Å². The third-order valence-corrected chi connectivity index (χ3v) is 8.58. The summed E-state index contributed by atoms with van der Waals surface area (Å²) in [5.41, 5.74) is -0.200. The van der Waals surface area contributed by atoms with Crippen LogP contribution in [0.25, 0.3) is 0 Å². The highest BCUT2D eigenvalue weighted by Gasteiger charge is 2.75. The number of ether oxygens (including phenoxy) is 2. The molecule has 39 heavy (non-hydrogen) atoms.